The van der Waals surface area contributed by atoms with E-state index >= 15 is 8.78 Å². The number of aromatic amines is 1. The first kappa shape index (κ1) is 30.6. The van der Waals surface area contributed by atoms with Crippen LogP contribution in [0.3, 0.4) is 0 Å². The zero-order chi connectivity index (χ0) is 31.1. The lowest BCUT2D eigenvalue weighted by molar-refractivity contribution is -0.0466. The van der Waals surface area contributed by atoms with E-state index in [4.69, 9.17) is 4.74 Å². The van der Waals surface area contributed by atoms with Crippen LogP contribution in [-0.2, 0) is 4.74 Å². The number of H-pyrrole nitrogens is 1. The predicted octanol–water partition coefficient (Wildman–Crippen LogP) is 5.15. The number of benzene rings is 1. The molecule has 5 rings (SSSR count). The molecule has 1 aromatic carbocycles. The van der Waals surface area contributed by atoms with Gasteiger partial charge in [-0.3, -0.25) is 9.59 Å². The van der Waals surface area contributed by atoms with Crippen molar-refractivity contribution in [1.29, 1.82) is 0 Å². The van der Waals surface area contributed by atoms with Crippen LogP contribution in [0.5, 0.6) is 0 Å². The number of ether oxygens (including phenoxy) is 1. The Bertz CT molecular complexity index is 1510. The summed E-state index contributed by atoms with van der Waals surface area (Å²) in [7, 11) is 1.93. The van der Waals surface area contributed by atoms with Crippen LogP contribution in [0.2, 0.25) is 0 Å². The summed E-state index contributed by atoms with van der Waals surface area (Å²) in [5.74, 6) is -2.98. The van der Waals surface area contributed by atoms with E-state index in [2.05, 4.69) is 15.2 Å². The van der Waals surface area contributed by atoms with Crippen molar-refractivity contribution >= 4 is 28.9 Å². The number of rotatable bonds is 6. The lowest BCUT2D eigenvalue weighted by Gasteiger charge is -2.40. The van der Waals surface area contributed by atoms with Gasteiger partial charge in [-0.25, -0.2) is 22.4 Å². The molecule has 1 saturated carbocycles. The third-order valence-corrected chi connectivity index (χ3v) is 8.71. The second kappa shape index (κ2) is 12.0. The molecule has 0 bridgehead atoms. The molecule has 43 heavy (non-hydrogen) atoms. The molecule has 3 heterocycles. The summed E-state index contributed by atoms with van der Waals surface area (Å²) in [5.41, 5.74) is -3.00. The molecule has 2 fully saturated rings. The Morgan fingerprint density at radius 1 is 1.16 bits per heavy atom. The molecule has 2 aliphatic heterocycles. The topological polar surface area (TPSA) is 98.0 Å². The Morgan fingerprint density at radius 3 is 2.51 bits per heavy atom. The van der Waals surface area contributed by atoms with Gasteiger partial charge in [-0.15, -0.1) is 0 Å². The second-order valence-electron chi connectivity index (χ2n) is 11.7. The van der Waals surface area contributed by atoms with Crippen LogP contribution in [0.1, 0.15) is 67.4 Å². The molecule has 0 radical (unpaired) electrons. The minimum absolute atomic E-state index is 0.0294. The number of nitrogens with zero attached hydrogens (tertiary/aromatic N) is 3. The van der Waals surface area contributed by atoms with Crippen molar-refractivity contribution in [1.82, 2.24) is 14.8 Å². The summed E-state index contributed by atoms with van der Waals surface area (Å²) in [6, 6.07) is 1.79. The first-order valence-electron chi connectivity index (χ1n) is 14.3. The van der Waals surface area contributed by atoms with Crippen LogP contribution >= 0.6 is 0 Å². The number of amides is 2. The maximum Gasteiger partial charge on any atom is 0.410 e. The van der Waals surface area contributed by atoms with E-state index in [1.807, 2.05) is 20.9 Å². The van der Waals surface area contributed by atoms with Gasteiger partial charge in [0.1, 0.15) is 17.1 Å². The number of alkyl halides is 2. The van der Waals surface area contributed by atoms with Gasteiger partial charge in [-0.05, 0) is 52.2 Å². The summed E-state index contributed by atoms with van der Waals surface area (Å²) >= 11 is 0. The third-order valence-electron chi connectivity index (χ3n) is 8.71. The molecule has 0 spiro atoms. The number of aromatic nitrogens is 1. The lowest BCUT2D eigenvalue weighted by atomic mass is 9.82. The molecule has 232 valence electrons. The molecule has 1 aromatic heterocycles. The molecule has 13 heteroatoms. The van der Waals surface area contributed by atoms with E-state index in [-0.39, 0.29) is 42.5 Å². The molecular formula is C30H35F4N5O4. The van der Waals surface area contributed by atoms with E-state index in [1.165, 1.54) is 4.90 Å². The summed E-state index contributed by atoms with van der Waals surface area (Å²) in [6.07, 6.45) is 1.47. The van der Waals surface area contributed by atoms with Gasteiger partial charge in [0, 0.05) is 62.7 Å². The highest BCUT2D eigenvalue weighted by atomic mass is 19.3. The van der Waals surface area contributed by atoms with Crippen molar-refractivity contribution in [2.24, 2.45) is 0 Å². The zero-order valence-electron chi connectivity index (χ0n) is 24.3. The van der Waals surface area contributed by atoms with E-state index in [9.17, 15) is 23.2 Å². The fourth-order valence-corrected chi connectivity index (χ4v) is 5.70. The first-order valence-corrected chi connectivity index (χ1v) is 14.3. The predicted molar refractivity (Wildman–Crippen MR) is 154 cm³/mol. The molecule has 2 aromatic rings. The van der Waals surface area contributed by atoms with E-state index in [1.54, 1.807) is 11.0 Å². The van der Waals surface area contributed by atoms with Gasteiger partial charge >= 0.3 is 6.09 Å². The number of anilines is 2. The van der Waals surface area contributed by atoms with Crippen molar-refractivity contribution in [3.05, 3.63) is 63.1 Å². The van der Waals surface area contributed by atoms with Gasteiger partial charge in [-0.1, -0.05) is 6.08 Å². The standard InChI is InChI=1S/C30H35F4N5O4/c1-17-16-39(12-11-37(17)3)22-14-21(31)24(18-5-9-38(10-6-18)29(42)43-30(2)7-4-8-30)25(32)26(22)36-28(41)20-15-35-23(40)13-19(20)27(33)34/h5,13-15,17,27H,4,6-12,16H2,1-3H3,(H,35,40)(H,36,41)/t17-/m0/s1. The molecule has 1 saturated heterocycles. The average Bonchev–Trinajstić information content (AvgIpc) is 2.95. The van der Waals surface area contributed by atoms with E-state index in [0.717, 1.165) is 31.5 Å². The summed E-state index contributed by atoms with van der Waals surface area (Å²) < 4.78 is 65.1. The number of halogens is 4. The second-order valence-corrected chi connectivity index (χ2v) is 11.7. The van der Waals surface area contributed by atoms with Crippen LogP contribution < -0.4 is 15.8 Å². The van der Waals surface area contributed by atoms with Gasteiger partial charge in [0.25, 0.3) is 12.3 Å². The average molecular weight is 606 g/mol. The highest BCUT2D eigenvalue weighted by molar-refractivity contribution is 6.07. The minimum atomic E-state index is -3.14. The third kappa shape index (κ3) is 6.27. The fraction of sp³-hybridized carbons (Fsp3) is 0.500. The van der Waals surface area contributed by atoms with Gasteiger partial charge in [0.05, 0.1) is 16.8 Å². The number of hydrogen-bond donors (Lipinski definition) is 2. The van der Waals surface area contributed by atoms with E-state index in [0.29, 0.717) is 31.3 Å². The Hall–Kier alpha value is -3.87. The number of likely N-dealkylation sites (N-methyl/N-ethyl adjacent to an activating group) is 1. The fourth-order valence-electron chi connectivity index (χ4n) is 5.70. The van der Waals surface area contributed by atoms with Crippen LogP contribution in [0, 0.1) is 11.6 Å². The molecule has 2 amide bonds. The Kier molecular flexibility index (Phi) is 8.55. The van der Waals surface area contributed by atoms with Crippen molar-refractivity contribution in [3.8, 4) is 0 Å². The maximum absolute atomic E-state index is 16.4. The van der Waals surface area contributed by atoms with E-state index < -0.39 is 52.3 Å². The molecule has 3 aliphatic rings. The number of carbonyl (C=O) groups excluding carboxylic acids is 2. The highest BCUT2D eigenvalue weighted by Crippen LogP contribution is 2.40. The number of carbonyl (C=O) groups is 2. The lowest BCUT2D eigenvalue weighted by Crippen LogP contribution is -2.50. The molecule has 9 nitrogen and oxygen atoms in total. The zero-order valence-corrected chi connectivity index (χ0v) is 24.3. The van der Waals surface area contributed by atoms with Crippen LogP contribution in [-0.4, -0.2) is 78.2 Å². The first-order chi connectivity index (χ1) is 20.4. The van der Waals surface area contributed by atoms with Crippen molar-refractivity contribution in [2.75, 3.05) is 50.0 Å². The smallest absolute Gasteiger partial charge is 0.410 e. The molecule has 0 unspecified atom stereocenters. The summed E-state index contributed by atoms with van der Waals surface area (Å²) in [5, 5.41) is 2.40. The maximum atomic E-state index is 16.4. The number of hydrogen-bond acceptors (Lipinski definition) is 6. The van der Waals surface area contributed by atoms with Gasteiger partial charge in [0.2, 0.25) is 5.56 Å². The van der Waals surface area contributed by atoms with Gasteiger partial charge < -0.3 is 29.7 Å². The molecular weight excluding hydrogens is 570 g/mol. The van der Waals surface area contributed by atoms with Crippen molar-refractivity contribution in [2.45, 2.75) is 57.6 Å². The molecule has 1 atom stereocenters. The minimum Gasteiger partial charge on any atom is -0.443 e. The quantitative estimate of drug-likeness (QED) is 0.442. The van der Waals surface area contributed by atoms with Crippen molar-refractivity contribution in [3.63, 3.8) is 0 Å². The van der Waals surface area contributed by atoms with Gasteiger partial charge in [-0.2, -0.15) is 0 Å². The van der Waals surface area contributed by atoms with Crippen LogP contribution in [0.25, 0.3) is 5.57 Å². The monoisotopic (exact) mass is 605 g/mol. The Labute approximate surface area is 246 Å². The van der Waals surface area contributed by atoms with Crippen LogP contribution in [0.15, 0.2) is 29.2 Å². The number of pyridine rings is 1. The highest BCUT2D eigenvalue weighted by Gasteiger charge is 2.38. The number of piperazine rings is 1. The largest absolute Gasteiger partial charge is 0.443 e. The number of nitrogens with one attached hydrogen (secondary N) is 2. The normalized spacial score (nSPS) is 20.5. The molecule has 2 N–H and O–H groups in total. The SMILES string of the molecule is C[C@H]1CN(c2cc(F)c(C3=CCN(C(=O)OC4(C)CCC4)CC3)c(F)c2NC(=O)c2c[nH]c(=O)cc2C(F)F)CCN1C. The summed E-state index contributed by atoms with van der Waals surface area (Å²) in [4.78, 5) is 45.0. The van der Waals surface area contributed by atoms with Crippen LogP contribution in [0.4, 0.5) is 33.7 Å². The summed E-state index contributed by atoms with van der Waals surface area (Å²) in [6.45, 7) is 5.48. The van der Waals surface area contributed by atoms with Crippen molar-refractivity contribution < 1.29 is 31.9 Å². The Morgan fingerprint density at radius 2 is 1.91 bits per heavy atom. The molecule has 1 aliphatic carbocycles. The Balaban J connectivity index is 1.49. The van der Waals surface area contributed by atoms with Gasteiger partial charge in [0.15, 0.2) is 5.82 Å².